The van der Waals surface area contributed by atoms with Crippen molar-refractivity contribution >= 4 is 15.9 Å². The number of methoxy groups -OCH3 is 1. The van der Waals surface area contributed by atoms with Gasteiger partial charge in [-0.15, -0.1) is 0 Å². The Morgan fingerprint density at radius 3 is 2.59 bits per heavy atom. The van der Waals surface area contributed by atoms with Crippen LogP contribution in [0.4, 0.5) is 0 Å². The Bertz CT molecular complexity index is 1240. The number of hydrogen-bond acceptors (Lipinski definition) is 8. The van der Waals surface area contributed by atoms with Crippen LogP contribution in [0.5, 0.6) is 17.2 Å². The van der Waals surface area contributed by atoms with Gasteiger partial charge in [-0.3, -0.25) is 0 Å². The van der Waals surface area contributed by atoms with E-state index in [1.54, 1.807) is 13.2 Å². The molecular formula is C21H22N4O6S. The van der Waals surface area contributed by atoms with Gasteiger partial charge in [0.2, 0.25) is 5.90 Å². The molecule has 0 saturated carbocycles. The maximum atomic E-state index is 11.8. The zero-order valence-electron chi connectivity index (χ0n) is 17.4. The molecule has 0 bridgehead atoms. The molecule has 2 aromatic heterocycles. The molecule has 10 nitrogen and oxygen atoms in total. The van der Waals surface area contributed by atoms with Crippen molar-refractivity contribution in [1.82, 2.24) is 14.7 Å². The van der Waals surface area contributed by atoms with Gasteiger partial charge in [0.1, 0.15) is 29.0 Å². The summed E-state index contributed by atoms with van der Waals surface area (Å²) in [4.78, 5) is 11.5. The minimum absolute atomic E-state index is 0.0894. The van der Waals surface area contributed by atoms with Crippen molar-refractivity contribution in [3.8, 4) is 28.5 Å². The minimum Gasteiger partial charge on any atom is -0.497 e. The zero-order valence-corrected chi connectivity index (χ0v) is 18.2. The molecule has 0 unspecified atom stereocenters. The molecule has 0 fully saturated rings. The van der Waals surface area contributed by atoms with Gasteiger partial charge in [-0.2, -0.15) is 0 Å². The summed E-state index contributed by atoms with van der Waals surface area (Å²) in [7, 11) is -0.751. The Kier molecular flexibility index (Phi) is 6.12. The summed E-state index contributed by atoms with van der Waals surface area (Å²) in [6.45, 7) is 0.327. The van der Waals surface area contributed by atoms with Crippen LogP contribution < -0.4 is 14.2 Å². The third kappa shape index (κ3) is 4.59. The molecule has 1 aromatic carbocycles. The van der Waals surface area contributed by atoms with E-state index in [1.807, 2.05) is 24.3 Å². The summed E-state index contributed by atoms with van der Waals surface area (Å²) >= 11 is 0. The lowest BCUT2D eigenvalue weighted by Crippen LogP contribution is -2.19. The van der Waals surface area contributed by atoms with Gasteiger partial charge in [0, 0.05) is 17.3 Å². The fourth-order valence-corrected chi connectivity index (χ4v) is 3.73. The number of nitrogens with one attached hydrogen (secondary N) is 2. The predicted molar refractivity (Wildman–Crippen MR) is 117 cm³/mol. The summed E-state index contributed by atoms with van der Waals surface area (Å²) in [6.07, 6.45) is 1.01. The van der Waals surface area contributed by atoms with Crippen molar-refractivity contribution in [2.45, 2.75) is 11.1 Å². The van der Waals surface area contributed by atoms with Crippen molar-refractivity contribution in [3.05, 3.63) is 54.4 Å². The van der Waals surface area contributed by atoms with Crippen LogP contribution in [0.2, 0.25) is 0 Å². The van der Waals surface area contributed by atoms with E-state index < -0.39 is 10.0 Å². The van der Waals surface area contributed by atoms with E-state index >= 15 is 0 Å². The molecular weight excluding hydrogens is 436 g/mol. The van der Waals surface area contributed by atoms with Crippen LogP contribution in [-0.2, 0) is 14.8 Å². The first kappa shape index (κ1) is 21.8. The average Bonchev–Trinajstić information content (AvgIpc) is 3.49. The van der Waals surface area contributed by atoms with Crippen molar-refractivity contribution in [1.29, 1.82) is 0 Å². The normalized spacial score (nSPS) is 15.8. The third-order valence-electron chi connectivity index (χ3n) is 4.75. The Morgan fingerprint density at radius 1 is 1.16 bits per heavy atom. The third-order valence-corrected chi connectivity index (χ3v) is 6.08. The minimum atomic E-state index is -3.63. The predicted octanol–water partition coefficient (Wildman–Crippen LogP) is 1.92. The maximum absolute atomic E-state index is 11.8. The summed E-state index contributed by atoms with van der Waals surface area (Å²) in [5.74, 6) is 1.88. The van der Waals surface area contributed by atoms with E-state index in [0.29, 0.717) is 35.4 Å². The zero-order chi connectivity index (χ0) is 22.7. The maximum Gasteiger partial charge on any atom is 0.257 e. The summed E-state index contributed by atoms with van der Waals surface area (Å²) < 4.78 is 42.7. The van der Waals surface area contributed by atoms with Crippen LogP contribution in [-0.4, -0.2) is 62.8 Å². The van der Waals surface area contributed by atoms with E-state index in [-0.39, 0.29) is 17.7 Å². The van der Waals surface area contributed by atoms with E-state index in [2.05, 4.69) is 19.7 Å². The molecule has 3 N–H and O–H groups in total. The summed E-state index contributed by atoms with van der Waals surface area (Å²) in [6, 6.07) is 12.0. The lowest BCUT2D eigenvalue weighted by atomic mass is 10.1. The Morgan fingerprint density at radius 2 is 1.94 bits per heavy atom. The number of ether oxygens (including phenoxy) is 3. The van der Waals surface area contributed by atoms with Crippen LogP contribution in [0.25, 0.3) is 11.3 Å². The first-order chi connectivity index (χ1) is 15.4. The highest BCUT2D eigenvalue weighted by molar-refractivity contribution is 7.89. The van der Waals surface area contributed by atoms with E-state index in [4.69, 9.17) is 14.2 Å². The van der Waals surface area contributed by atoms with Crippen molar-refractivity contribution < 1.29 is 27.7 Å². The molecule has 1 aliphatic heterocycles. The number of aliphatic hydroxyl groups excluding tert-OH is 1. The second kappa shape index (κ2) is 8.99. The summed E-state index contributed by atoms with van der Waals surface area (Å²) in [5.41, 5.74) is 2.29. The van der Waals surface area contributed by atoms with Crippen molar-refractivity contribution in [2.75, 3.05) is 27.3 Å². The monoisotopic (exact) mass is 458 g/mol. The van der Waals surface area contributed by atoms with Crippen LogP contribution >= 0.6 is 0 Å². The van der Waals surface area contributed by atoms with Crippen LogP contribution in [0, 0.1) is 0 Å². The van der Waals surface area contributed by atoms with E-state index in [9.17, 15) is 13.5 Å². The van der Waals surface area contributed by atoms with Crippen LogP contribution in [0.3, 0.4) is 0 Å². The molecule has 0 radical (unpaired) electrons. The Hall–Kier alpha value is -3.41. The molecule has 4 rings (SSSR count). The number of aliphatic imine (C=N–C) groups is 1. The lowest BCUT2D eigenvalue weighted by Gasteiger charge is -2.10. The van der Waals surface area contributed by atoms with Crippen molar-refractivity contribution in [3.63, 3.8) is 0 Å². The number of aromatic nitrogens is 2. The number of sulfonamides is 1. The number of H-pyrrole nitrogens is 1. The standard InChI is InChI=1S/C21H22N4O6S/c1-22-32(27,28)20-6-3-14(10-23-20)30-16-8-13(7-15(9-16)29-2)18-4-5-19(25-18)21-24-11-17(12-26)31-21/h3-10,17,22,25-26H,11-12H2,1-2H3/t17-/m1/s1. The van der Waals surface area contributed by atoms with Gasteiger partial charge in [0.25, 0.3) is 10.0 Å². The second-order valence-corrected chi connectivity index (χ2v) is 8.73. The molecule has 1 aliphatic rings. The van der Waals surface area contributed by atoms with Gasteiger partial charge in [-0.25, -0.2) is 23.1 Å². The first-order valence-corrected chi connectivity index (χ1v) is 11.2. The fourth-order valence-electron chi connectivity index (χ4n) is 3.08. The quantitative estimate of drug-likeness (QED) is 0.469. The molecule has 32 heavy (non-hydrogen) atoms. The molecule has 0 aliphatic carbocycles. The number of benzene rings is 1. The largest absolute Gasteiger partial charge is 0.497 e. The summed E-state index contributed by atoms with van der Waals surface area (Å²) in [5, 5.41) is 9.12. The van der Waals surface area contributed by atoms with Gasteiger partial charge < -0.3 is 24.3 Å². The molecule has 168 valence electrons. The number of pyridine rings is 1. The van der Waals surface area contributed by atoms with Crippen LogP contribution in [0.15, 0.2) is 58.7 Å². The topological polar surface area (TPSA) is 135 Å². The first-order valence-electron chi connectivity index (χ1n) is 9.70. The highest BCUT2D eigenvalue weighted by Crippen LogP contribution is 2.32. The van der Waals surface area contributed by atoms with Crippen LogP contribution in [0.1, 0.15) is 5.69 Å². The van der Waals surface area contributed by atoms with Gasteiger partial charge >= 0.3 is 0 Å². The number of aromatic amines is 1. The molecule has 3 heterocycles. The SMILES string of the molecule is CNS(=O)(=O)c1ccc(Oc2cc(OC)cc(-c3ccc(C4=NC[C@H](CO)O4)[nH]3)c2)cn1. The molecule has 0 amide bonds. The van der Waals surface area contributed by atoms with Gasteiger partial charge in [0.05, 0.1) is 26.5 Å². The Balaban J connectivity index is 1.57. The second-order valence-electron chi connectivity index (χ2n) is 6.89. The van der Waals surface area contributed by atoms with Gasteiger partial charge in [-0.05, 0) is 43.4 Å². The molecule has 1 atom stereocenters. The van der Waals surface area contributed by atoms with E-state index in [1.165, 1.54) is 25.4 Å². The van der Waals surface area contributed by atoms with Crippen molar-refractivity contribution in [2.24, 2.45) is 4.99 Å². The molecule has 0 saturated heterocycles. The molecule has 3 aromatic rings. The smallest absolute Gasteiger partial charge is 0.257 e. The molecule has 0 spiro atoms. The number of rotatable bonds is 8. The van der Waals surface area contributed by atoms with Gasteiger partial charge in [0.15, 0.2) is 5.03 Å². The number of aliphatic hydroxyl groups is 1. The lowest BCUT2D eigenvalue weighted by molar-refractivity contribution is 0.130. The highest BCUT2D eigenvalue weighted by atomic mass is 32.2. The molecule has 11 heteroatoms. The number of nitrogens with zero attached hydrogens (tertiary/aromatic N) is 2. The average molecular weight is 458 g/mol. The fraction of sp³-hybridized carbons (Fsp3) is 0.238. The van der Waals surface area contributed by atoms with Gasteiger partial charge in [-0.1, -0.05) is 0 Å². The highest BCUT2D eigenvalue weighted by Gasteiger charge is 2.21. The Labute approximate surface area is 184 Å². The number of hydrogen-bond donors (Lipinski definition) is 3. The van der Waals surface area contributed by atoms with E-state index in [0.717, 1.165) is 11.3 Å².